The summed E-state index contributed by atoms with van der Waals surface area (Å²) in [4.78, 5) is 58.2. The van der Waals surface area contributed by atoms with Gasteiger partial charge in [-0.25, -0.2) is 14.8 Å². The van der Waals surface area contributed by atoms with Gasteiger partial charge in [0.15, 0.2) is 0 Å². The van der Waals surface area contributed by atoms with Crippen molar-refractivity contribution in [3.63, 3.8) is 0 Å². The van der Waals surface area contributed by atoms with Gasteiger partial charge in [0.1, 0.15) is 17.7 Å². The summed E-state index contributed by atoms with van der Waals surface area (Å²) in [6.45, 7) is 6.82. The highest BCUT2D eigenvalue weighted by atomic mass is 16.5. The molecule has 7 rings (SSSR count). The van der Waals surface area contributed by atoms with Crippen molar-refractivity contribution in [2.45, 2.75) is 64.6 Å². The summed E-state index contributed by atoms with van der Waals surface area (Å²) in [7, 11) is 1.30. The maximum absolute atomic E-state index is 13.6. The summed E-state index contributed by atoms with van der Waals surface area (Å²) in [5.74, 6) is 1.46. The number of rotatable bonds is 6. The van der Waals surface area contributed by atoms with Gasteiger partial charge in [0.05, 0.1) is 41.3 Å². The van der Waals surface area contributed by atoms with Crippen molar-refractivity contribution in [1.29, 1.82) is 0 Å². The second kappa shape index (κ2) is 11.8. The van der Waals surface area contributed by atoms with E-state index in [1.54, 1.807) is 6.92 Å². The van der Waals surface area contributed by atoms with Crippen LogP contribution in [-0.2, 0) is 14.3 Å². The van der Waals surface area contributed by atoms with Gasteiger partial charge in [-0.2, -0.15) is 0 Å². The van der Waals surface area contributed by atoms with E-state index in [-0.39, 0.29) is 29.8 Å². The van der Waals surface area contributed by atoms with E-state index in [9.17, 15) is 14.4 Å². The van der Waals surface area contributed by atoms with E-state index in [1.165, 1.54) is 7.11 Å². The van der Waals surface area contributed by atoms with Crippen LogP contribution >= 0.6 is 0 Å². The fourth-order valence-electron chi connectivity index (χ4n) is 7.15. The number of ether oxygens (including phenoxy) is 1. The Hall–Kier alpha value is -4.93. The number of alkyl carbamates (subject to hydrolysis) is 1. The maximum atomic E-state index is 13.6. The molecule has 11 nitrogen and oxygen atoms in total. The van der Waals surface area contributed by atoms with Crippen LogP contribution in [0.1, 0.15) is 70.2 Å². The summed E-state index contributed by atoms with van der Waals surface area (Å²) >= 11 is 0. The van der Waals surface area contributed by atoms with Crippen molar-refractivity contribution in [2.24, 2.45) is 5.92 Å². The molecular formula is C35H39N7O4. The van der Waals surface area contributed by atoms with E-state index in [1.807, 2.05) is 35.8 Å². The Morgan fingerprint density at radius 1 is 0.870 bits per heavy atom. The minimum atomic E-state index is -0.679. The number of aromatic amines is 2. The number of carbonyl (C=O) groups excluding carboxylic acids is 3. The number of methoxy groups -OCH3 is 1. The average Bonchev–Trinajstić information content (AvgIpc) is 3.86. The second-order valence-electron chi connectivity index (χ2n) is 12.8. The van der Waals surface area contributed by atoms with Crippen molar-refractivity contribution in [1.82, 2.24) is 35.1 Å². The minimum absolute atomic E-state index is 0.00207. The van der Waals surface area contributed by atoms with Gasteiger partial charge in [-0.1, -0.05) is 38.1 Å². The third-order valence-corrected chi connectivity index (χ3v) is 9.54. The second-order valence-corrected chi connectivity index (χ2v) is 12.8. The Bertz CT molecular complexity index is 1980. The molecule has 3 N–H and O–H groups in total. The molecule has 0 radical (unpaired) electrons. The molecule has 3 atom stereocenters. The molecular weight excluding hydrogens is 582 g/mol. The zero-order valence-corrected chi connectivity index (χ0v) is 26.6. The molecule has 3 aromatic carbocycles. The molecule has 11 heteroatoms. The fraction of sp³-hybridized carbons (Fsp3) is 0.400. The average molecular weight is 622 g/mol. The molecule has 46 heavy (non-hydrogen) atoms. The van der Waals surface area contributed by atoms with E-state index >= 15 is 0 Å². The third-order valence-electron chi connectivity index (χ3n) is 9.54. The van der Waals surface area contributed by atoms with E-state index in [0.29, 0.717) is 6.54 Å². The smallest absolute Gasteiger partial charge is 0.407 e. The predicted molar refractivity (Wildman–Crippen MR) is 176 cm³/mol. The highest BCUT2D eigenvalue weighted by Gasteiger charge is 2.37. The van der Waals surface area contributed by atoms with E-state index < -0.39 is 12.1 Å². The lowest BCUT2D eigenvalue weighted by molar-refractivity contribution is -0.135. The Kier molecular flexibility index (Phi) is 7.62. The number of carbonyl (C=O) groups is 3. The molecule has 2 fully saturated rings. The Morgan fingerprint density at radius 2 is 1.54 bits per heavy atom. The number of benzene rings is 3. The number of hydrogen-bond donors (Lipinski definition) is 3. The van der Waals surface area contributed by atoms with Gasteiger partial charge in [0, 0.05) is 25.4 Å². The molecule has 2 aliphatic heterocycles. The van der Waals surface area contributed by atoms with Crippen LogP contribution in [-0.4, -0.2) is 73.9 Å². The molecule has 3 amide bonds. The van der Waals surface area contributed by atoms with Crippen molar-refractivity contribution >= 4 is 50.7 Å². The summed E-state index contributed by atoms with van der Waals surface area (Å²) in [6, 6.07) is 15.9. The van der Waals surface area contributed by atoms with Crippen molar-refractivity contribution in [2.75, 3.05) is 20.2 Å². The molecule has 0 saturated carbocycles. The third kappa shape index (κ3) is 5.23. The van der Waals surface area contributed by atoms with Gasteiger partial charge in [-0.05, 0) is 72.4 Å². The van der Waals surface area contributed by atoms with Crippen molar-refractivity contribution in [3.05, 3.63) is 60.2 Å². The zero-order chi connectivity index (χ0) is 32.1. The van der Waals surface area contributed by atoms with Crippen LogP contribution in [0.3, 0.4) is 0 Å². The number of amides is 3. The topological polar surface area (TPSA) is 136 Å². The number of nitrogens with one attached hydrogen (secondary N) is 3. The SMILES string of the molecule is COC(=O)N[C@H](C(=O)N1CCC[C@H]1c1nc2c(ccc3cc(-c4ccc5nc([C@@H]6CCCN6C(C)=O)[nH]c5c4)ccc32)[nH]1)C(C)C. The quantitative estimate of drug-likeness (QED) is 0.213. The summed E-state index contributed by atoms with van der Waals surface area (Å²) < 4.78 is 4.77. The number of H-pyrrole nitrogens is 2. The predicted octanol–water partition coefficient (Wildman–Crippen LogP) is 5.99. The molecule has 2 aliphatic rings. The fourth-order valence-corrected chi connectivity index (χ4v) is 7.15. The van der Waals surface area contributed by atoms with Gasteiger partial charge in [0.25, 0.3) is 0 Å². The lowest BCUT2D eigenvalue weighted by atomic mass is 10.0. The number of nitrogens with zero attached hydrogens (tertiary/aromatic N) is 4. The number of hydrogen-bond acceptors (Lipinski definition) is 6. The van der Waals surface area contributed by atoms with Gasteiger partial charge in [-0.15, -0.1) is 0 Å². The Labute approximate surface area is 266 Å². The molecule has 238 valence electrons. The molecule has 4 heterocycles. The maximum Gasteiger partial charge on any atom is 0.407 e. The molecule has 0 unspecified atom stereocenters. The first kappa shape index (κ1) is 29.8. The highest BCUT2D eigenvalue weighted by molar-refractivity contribution is 6.05. The van der Waals surface area contributed by atoms with Crippen LogP contribution in [0, 0.1) is 5.92 Å². The standard InChI is InChI=1S/C35H39N7O4/c1-19(2)30(40-35(45)46-4)34(44)42-16-6-8-29(42)33-37-26-14-11-23-17-21(9-12-24(23)31(26)39-33)22-10-13-25-27(18-22)38-32(36-25)28-7-5-15-41(28)20(3)43/h9-14,17-19,28-30H,5-8,15-16H2,1-4H3,(H,36,38)(H,37,39)(H,40,45)/t28-,29-,30-/m0/s1. The number of imidazole rings is 2. The number of likely N-dealkylation sites (tertiary alicyclic amines) is 2. The first-order valence-electron chi connectivity index (χ1n) is 16.1. The van der Waals surface area contributed by atoms with Gasteiger partial charge < -0.3 is 29.8 Å². The Balaban J connectivity index is 1.17. The number of fused-ring (bicyclic) bond motifs is 4. The lowest BCUT2D eigenvalue weighted by Crippen LogP contribution is -2.51. The lowest BCUT2D eigenvalue weighted by Gasteiger charge is -2.29. The summed E-state index contributed by atoms with van der Waals surface area (Å²) in [6.07, 6.45) is 2.94. The van der Waals surface area contributed by atoms with Gasteiger partial charge in [0.2, 0.25) is 11.8 Å². The molecule has 0 aliphatic carbocycles. The molecule has 0 spiro atoms. The molecule has 2 aromatic heterocycles. The summed E-state index contributed by atoms with van der Waals surface area (Å²) in [5.41, 5.74) is 5.78. The molecule has 2 saturated heterocycles. The summed E-state index contributed by atoms with van der Waals surface area (Å²) in [5, 5.41) is 4.81. The van der Waals surface area contributed by atoms with Crippen LogP contribution < -0.4 is 5.32 Å². The van der Waals surface area contributed by atoms with Crippen LogP contribution in [0.5, 0.6) is 0 Å². The largest absolute Gasteiger partial charge is 0.453 e. The molecule has 5 aromatic rings. The van der Waals surface area contributed by atoms with Crippen molar-refractivity contribution in [3.8, 4) is 11.1 Å². The first-order valence-corrected chi connectivity index (χ1v) is 16.1. The van der Waals surface area contributed by atoms with Crippen LogP contribution in [0.15, 0.2) is 48.5 Å². The number of aromatic nitrogens is 4. The van der Waals surface area contributed by atoms with Crippen LogP contribution in [0.2, 0.25) is 0 Å². The molecule has 0 bridgehead atoms. The minimum Gasteiger partial charge on any atom is -0.453 e. The highest BCUT2D eigenvalue weighted by Crippen LogP contribution is 2.36. The van der Waals surface area contributed by atoms with E-state index in [0.717, 1.165) is 87.8 Å². The van der Waals surface area contributed by atoms with Crippen LogP contribution in [0.4, 0.5) is 4.79 Å². The zero-order valence-electron chi connectivity index (χ0n) is 26.6. The Morgan fingerprint density at radius 3 is 2.28 bits per heavy atom. The van der Waals surface area contributed by atoms with Gasteiger partial charge in [-0.3, -0.25) is 9.59 Å². The normalized spacial score (nSPS) is 19.1. The van der Waals surface area contributed by atoms with E-state index in [4.69, 9.17) is 14.7 Å². The van der Waals surface area contributed by atoms with Gasteiger partial charge >= 0.3 is 6.09 Å². The van der Waals surface area contributed by atoms with Crippen LogP contribution in [0.25, 0.3) is 44.0 Å². The monoisotopic (exact) mass is 621 g/mol. The first-order chi connectivity index (χ1) is 22.2. The van der Waals surface area contributed by atoms with E-state index in [2.05, 4.69) is 51.7 Å². The van der Waals surface area contributed by atoms with Crippen molar-refractivity contribution < 1.29 is 19.1 Å².